The minimum Gasteiger partial charge on any atom is -0.486 e. The number of benzene rings is 2. The van der Waals surface area contributed by atoms with E-state index in [1.54, 1.807) is 23.1 Å². The van der Waals surface area contributed by atoms with Gasteiger partial charge in [0.1, 0.15) is 24.8 Å². The van der Waals surface area contributed by atoms with E-state index in [-0.39, 0.29) is 23.4 Å². The number of nitrogens with zero attached hydrogens (tertiary/aromatic N) is 1. The topological polar surface area (TPSA) is 60.0 Å². The number of likely N-dealkylation sites (tertiary alicyclic amines) is 1. The van der Waals surface area contributed by atoms with Gasteiger partial charge in [0.05, 0.1) is 0 Å². The molecule has 2 heterocycles. The van der Waals surface area contributed by atoms with Gasteiger partial charge in [-0.3, -0.25) is 0 Å². The summed E-state index contributed by atoms with van der Waals surface area (Å²) >= 11 is 4.50. The summed E-state index contributed by atoms with van der Waals surface area (Å²) in [6.45, 7) is 1.80. The van der Waals surface area contributed by atoms with Crippen LogP contribution in [-0.2, 0) is 6.54 Å². The first kappa shape index (κ1) is 20.7. The van der Waals surface area contributed by atoms with Crippen LogP contribution in [0.2, 0.25) is 0 Å². The van der Waals surface area contributed by atoms with Gasteiger partial charge >= 0.3 is 6.09 Å². The van der Waals surface area contributed by atoms with E-state index in [2.05, 4.69) is 17.9 Å². The average molecular weight is 436 g/mol. The summed E-state index contributed by atoms with van der Waals surface area (Å²) in [5, 5.41) is 3.10. The maximum atomic E-state index is 13.8. The van der Waals surface area contributed by atoms with Crippen molar-refractivity contribution >= 4 is 18.7 Å². The van der Waals surface area contributed by atoms with E-state index in [9.17, 15) is 13.6 Å². The number of rotatable bonds is 5. The quantitative estimate of drug-likeness (QED) is 0.704. The zero-order valence-corrected chi connectivity index (χ0v) is 17.0. The normalized spacial score (nSPS) is 20.3. The first-order valence-electron chi connectivity index (χ1n) is 9.71. The number of para-hydroxylation sites is 1. The van der Waals surface area contributed by atoms with Gasteiger partial charge in [0.2, 0.25) is 5.75 Å². The van der Waals surface area contributed by atoms with Gasteiger partial charge in [-0.2, -0.15) is 12.6 Å². The molecule has 4 rings (SSSR count). The molecular formula is C21H22F2N2O4S. The number of nitrogens with one attached hydrogen (secondary N) is 1. The molecule has 2 atom stereocenters. The van der Waals surface area contributed by atoms with Crippen molar-refractivity contribution in [3.8, 4) is 17.2 Å². The summed E-state index contributed by atoms with van der Waals surface area (Å²) in [4.78, 5) is 14.4. The summed E-state index contributed by atoms with van der Waals surface area (Å²) in [6.07, 6.45) is 0.140. The fourth-order valence-electron chi connectivity index (χ4n) is 3.64. The maximum Gasteiger partial charge on any atom is 0.415 e. The molecule has 1 amide bonds. The van der Waals surface area contributed by atoms with E-state index >= 15 is 0 Å². The highest BCUT2D eigenvalue weighted by atomic mass is 32.1. The smallest absolute Gasteiger partial charge is 0.415 e. The van der Waals surface area contributed by atoms with Crippen molar-refractivity contribution in [3.63, 3.8) is 0 Å². The minimum atomic E-state index is -0.516. The van der Waals surface area contributed by atoms with Crippen LogP contribution >= 0.6 is 12.6 Å². The molecule has 0 radical (unpaired) electrons. The predicted molar refractivity (Wildman–Crippen MR) is 109 cm³/mol. The largest absolute Gasteiger partial charge is 0.486 e. The minimum absolute atomic E-state index is 0.000437. The Bertz CT molecular complexity index is 930. The fraction of sp³-hybridized carbons (Fsp3) is 0.381. The van der Waals surface area contributed by atoms with Gasteiger partial charge in [0.15, 0.2) is 11.5 Å². The lowest BCUT2D eigenvalue weighted by Crippen LogP contribution is -2.43. The second-order valence-electron chi connectivity index (χ2n) is 7.21. The zero-order valence-electron chi connectivity index (χ0n) is 16.1. The molecule has 30 heavy (non-hydrogen) atoms. The molecular weight excluding hydrogens is 414 g/mol. The van der Waals surface area contributed by atoms with E-state index < -0.39 is 17.7 Å². The average Bonchev–Trinajstić information content (AvgIpc) is 3.11. The Labute approximate surface area is 178 Å². The molecule has 1 fully saturated rings. The number of thiol groups is 1. The standard InChI is InChI=1S/C21H22F2N2O4S/c22-14-4-5-17(23)13(8-14)10-24-11-15-9-16(30)12-25(15)21(26)29-19-3-1-2-18-20(19)28-7-6-27-18/h1-5,8,15-16,24,30H,6-7,9-12H2/t15-,16+/m0/s1. The fourth-order valence-corrected chi connectivity index (χ4v) is 4.06. The highest BCUT2D eigenvalue weighted by molar-refractivity contribution is 7.81. The van der Waals surface area contributed by atoms with Crippen molar-refractivity contribution in [2.24, 2.45) is 0 Å². The number of hydrogen-bond donors (Lipinski definition) is 2. The molecule has 0 saturated carbocycles. The maximum absolute atomic E-state index is 13.8. The van der Waals surface area contributed by atoms with Crippen molar-refractivity contribution in [1.82, 2.24) is 10.2 Å². The molecule has 1 saturated heterocycles. The van der Waals surface area contributed by atoms with E-state index in [0.717, 1.165) is 18.2 Å². The molecule has 0 unspecified atom stereocenters. The Morgan fingerprint density at radius 1 is 1.23 bits per heavy atom. The van der Waals surface area contributed by atoms with E-state index in [1.807, 2.05) is 0 Å². The molecule has 2 aromatic carbocycles. The number of halogens is 2. The Hall–Kier alpha value is -2.52. The Morgan fingerprint density at radius 3 is 2.93 bits per heavy atom. The van der Waals surface area contributed by atoms with Crippen molar-refractivity contribution in [2.45, 2.75) is 24.3 Å². The number of hydrogen-bond acceptors (Lipinski definition) is 6. The number of carbonyl (C=O) groups excluding carboxylic acids is 1. The Balaban J connectivity index is 1.39. The van der Waals surface area contributed by atoms with Gasteiger partial charge in [0, 0.05) is 36.5 Å². The number of fused-ring (bicyclic) bond motifs is 1. The van der Waals surface area contributed by atoms with E-state index in [1.165, 1.54) is 0 Å². The molecule has 9 heteroatoms. The third-order valence-corrected chi connectivity index (χ3v) is 5.43. The molecule has 2 aliphatic heterocycles. The third kappa shape index (κ3) is 4.62. The molecule has 2 aliphatic rings. The number of amides is 1. The lowest BCUT2D eigenvalue weighted by atomic mass is 10.2. The summed E-state index contributed by atoms with van der Waals surface area (Å²) < 4.78 is 43.8. The van der Waals surface area contributed by atoms with Gasteiger partial charge in [-0.15, -0.1) is 0 Å². The van der Waals surface area contributed by atoms with Crippen LogP contribution in [0.5, 0.6) is 17.2 Å². The van der Waals surface area contributed by atoms with Crippen LogP contribution in [-0.4, -0.2) is 48.6 Å². The summed E-state index contributed by atoms with van der Waals surface area (Å²) in [5.74, 6) is 0.278. The predicted octanol–water partition coefficient (Wildman–Crippen LogP) is 3.40. The molecule has 0 bridgehead atoms. The van der Waals surface area contributed by atoms with Crippen LogP contribution in [0, 0.1) is 11.6 Å². The summed E-state index contributed by atoms with van der Waals surface area (Å²) in [5.41, 5.74) is 0.234. The highest BCUT2D eigenvalue weighted by Gasteiger charge is 2.35. The van der Waals surface area contributed by atoms with Crippen LogP contribution < -0.4 is 19.5 Å². The Kier molecular flexibility index (Phi) is 6.29. The van der Waals surface area contributed by atoms with Crippen molar-refractivity contribution in [2.75, 3.05) is 26.3 Å². The zero-order chi connectivity index (χ0) is 21.1. The molecule has 0 aliphatic carbocycles. The van der Waals surface area contributed by atoms with Crippen molar-refractivity contribution in [3.05, 3.63) is 53.6 Å². The van der Waals surface area contributed by atoms with Crippen LogP contribution in [0.3, 0.4) is 0 Å². The number of ether oxygens (including phenoxy) is 3. The van der Waals surface area contributed by atoms with Gasteiger partial charge in [-0.25, -0.2) is 13.6 Å². The lowest BCUT2D eigenvalue weighted by molar-refractivity contribution is 0.137. The molecule has 160 valence electrons. The number of carbonyl (C=O) groups is 1. The van der Waals surface area contributed by atoms with Gasteiger partial charge in [-0.05, 0) is 36.8 Å². The summed E-state index contributed by atoms with van der Waals surface area (Å²) in [7, 11) is 0. The van der Waals surface area contributed by atoms with E-state index in [4.69, 9.17) is 14.2 Å². The van der Waals surface area contributed by atoms with Crippen molar-refractivity contribution in [1.29, 1.82) is 0 Å². The monoisotopic (exact) mass is 436 g/mol. The lowest BCUT2D eigenvalue weighted by Gasteiger charge is -2.25. The molecule has 0 aromatic heterocycles. The molecule has 1 N–H and O–H groups in total. The van der Waals surface area contributed by atoms with E-state index in [0.29, 0.717) is 50.0 Å². The Morgan fingerprint density at radius 2 is 2.07 bits per heavy atom. The van der Waals surface area contributed by atoms with Crippen LogP contribution in [0.15, 0.2) is 36.4 Å². The molecule has 6 nitrogen and oxygen atoms in total. The summed E-state index contributed by atoms with van der Waals surface area (Å²) in [6, 6.07) is 8.29. The molecule has 2 aromatic rings. The third-order valence-electron chi connectivity index (χ3n) is 5.06. The van der Waals surface area contributed by atoms with Crippen molar-refractivity contribution < 1.29 is 27.8 Å². The highest BCUT2D eigenvalue weighted by Crippen LogP contribution is 2.39. The second kappa shape index (κ2) is 9.09. The van der Waals surface area contributed by atoms with Crippen LogP contribution in [0.25, 0.3) is 0 Å². The molecule has 0 spiro atoms. The van der Waals surface area contributed by atoms with Crippen LogP contribution in [0.4, 0.5) is 13.6 Å². The van der Waals surface area contributed by atoms with Gasteiger partial charge < -0.3 is 24.4 Å². The van der Waals surface area contributed by atoms with Gasteiger partial charge in [0.25, 0.3) is 0 Å². The van der Waals surface area contributed by atoms with Gasteiger partial charge in [-0.1, -0.05) is 6.07 Å². The first-order chi connectivity index (χ1) is 14.5. The second-order valence-corrected chi connectivity index (χ2v) is 7.94. The van der Waals surface area contributed by atoms with Crippen LogP contribution in [0.1, 0.15) is 12.0 Å². The first-order valence-corrected chi connectivity index (χ1v) is 10.2. The SMILES string of the molecule is O=C(Oc1cccc2c1OCCO2)N1C[C@H](S)C[C@H]1CNCc1cc(F)ccc1F.